The molecule has 0 unspecified atom stereocenters. The van der Waals surface area contributed by atoms with Crippen LogP contribution in [0, 0.1) is 12.7 Å². The summed E-state index contributed by atoms with van der Waals surface area (Å²) in [5, 5.41) is 1.53. The minimum atomic E-state index is -0.182. The second-order valence-corrected chi connectivity index (χ2v) is 2.75. The van der Waals surface area contributed by atoms with Crippen molar-refractivity contribution in [1.82, 2.24) is 0 Å². The molecule has 0 heterocycles. The second-order valence-electron chi connectivity index (χ2n) is 2.75. The topological polar surface area (TPSA) is 0 Å². The first-order chi connectivity index (χ1) is 5.79. The lowest BCUT2D eigenvalue weighted by molar-refractivity contribution is 0.640. The highest BCUT2D eigenvalue weighted by Gasteiger charge is 1.99. The Morgan fingerprint density at radius 1 is 0.917 bits per heavy atom. The van der Waals surface area contributed by atoms with Crippen LogP contribution in [0.2, 0.25) is 0 Å². The van der Waals surface area contributed by atoms with Gasteiger partial charge in [0.1, 0.15) is 5.82 Å². The van der Waals surface area contributed by atoms with Crippen molar-refractivity contribution >= 4 is 10.8 Å². The van der Waals surface area contributed by atoms with Gasteiger partial charge < -0.3 is 0 Å². The van der Waals surface area contributed by atoms with Crippen LogP contribution in [0.4, 0.5) is 4.39 Å². The van der Waals surface area contributed by atoms with E-state index in [9.17, 15) is 4.39 Å². The summed E-state index contributed by atoms with van der Waals surface area (Å²) in [7, 11) is 0. The summed E-state index contributed by atoms with van der Waals surface area (Å²) in [6.07, 6.45) is 0. The number of rotatable bonds is 0. The van der Waals surface area contributed by atoms with Gasteiger partial charge in [0.15, 0.2) is 0 Å². The van der Waals surface area contributed by atoms with Gasteiger partial charge in [-0.2, -0.15) is 0 Å². The zero-order valence-corrected chi connectivity index (χ0v) is 6.55. The van der Waals surface area contributed by atoms with Gasteiger partial charge in [-0.05, 0) is 23.9 Å². The third kappa shape index (κ3) is 0.981. The van der Waals surface area contributed by atoms with Crippen LogP contribution in [0.15, 0.2) is 36.4 Å². The lowest BCUT2D eigenvalue weighted by Gasteiger charge is -2.01. The predicted molar refractivity (Wildman–Crippen MR) is 48.4 cm³/mol. The van der Waals surface area contributed by atoms with Crippen molar-refractivity contribution in [1.29, 1.82) is 0 Å². The molecule has 2 aromatic rings. The van der Waals surface area contributed by atoms with Crippen LogP contribution in [0.3, 0.4) is 0 Å². The van der Waals surface area contributed by atoms with Gasteiger partial charge in [-0.25, -0.2) is 4.39 Å². The fraction of sp³-hybridized carbons (Fsp3) is 0. The Bertz CT molecular complexity index is 377. The molecule has 59 valence electrons. The van der Waals surface area contributed by atoms with E-state index in [0.717, 1.165) is 10.9 Å². The molecule has 0 bridgehead atoms. The van der Waals surface area contributed by atoms with Gasteiger partial charge in [0, 0.05) is 5.39 Å². The fourth-order valence-corrected chi connectivity index (χ4v) is 1.34. The zero-order chi connectivity index (χ0) is 8.55. The predicted octanol–water partition coefficient (Wildman–Crippen LogP) is 3.16. The van der Waals surface area contributed by atoms with Gasteiger partial charge in [0.25, 0.3) is 0 Å². The molecule has 0 aromatic heterocycles. The van der Waals surface area contributed by atoms with E-state index < -0.39 is 0 Å². The maximum absolute atomic E-state index is 13.1. The van der Waals surface area contributed by atoms with E-state index in [1.54, 1.807) is 12.1 Å². The second kappa shape index (κ2) is 2.59. The van der Waals surface area contributed by atoms with E-state index >= 15 is 0 Å². The molecular formula is C11H8F. The highest BCUT2D eigenvalue weighted by atomic mass is 19.1. The van der Waals surface area contributed by atoms with E-state index in [1.807, 2.05) is 18.2 Å². The summed E-state index contributed by atoms with van der Waals surface area (Å²) in [5.74, 6) is -0.182. The van der Waals surface area contributed by atoms with E-state index in [2.05, 4.69) is 6.92 Å². The first-order valence-corrected chi connectivity index (χ1v) is 3.78. The van der Waals surface area contributed by atoms with Gasteiger partial charge in [-0.1, -0.05) is 30.3 Å². The Morgan fingerprint density at radius 3 is 2.33 bits per heavy atom. The van der Waals surface area contributed by atoms with Crippen LogP contribution in [0.25, 0.3) is 10.8 Å². The van der Waals surface area contributed by atoms with Crippen LogP contribution in [0.5, 0.6) is 0 Å². The van der Waals surface area contributed by atoms with Crippen molar-refractivity contribution in [3.8, 4) is 0 Å². The minimum absolute atomic E-state index is 0.182. The third-order valence-electron chi connectivity index (χ3n) is 1.96. The molecule has 0 aliphatic heterocycles. The molecule has 1 heteroatoms. The smallest absolute Gasteiger partial charge is 0.131 e. The molecule has 0 saturated carbocycles. The lowest BCUT2D eigenvalue weighted by Crippen LogP contribution is -1.81. The summed E-state index contributed by atoms with van der Waals surface area (Å²) in [5.41, 5.74) is 0.868. The average Bonchev–Trinajstić information content (AvgIpc) is 2.07. The van der Waals surface area contributed by atoms with Crippen molar-refractivity contribution in [2.24, 2.45) is 0 Å². The molecule has 0 spiro atoms. The Hall–Kier alpha value is -1.37. The normalized spacial score (nSPS) is 10.5. The van der Waals surface area contributed by atoms with Gasteiger partial charge in [-0.15, -0.1) is 0 Å². The number of halogens is 1. The Balaban J connectivity index is 2.94. The maximum Gasteiger partial charge on any atom is 0.131 e. The molecule has 0 nitrogen and oxygen atoms in total. The van der Waals surface area contributed by atoms with E-state index in [1.165, 1.54) is 6.07 Å². The van der Waals surface area contributed by atoms with Crippen LogP contribution in [-0.4, -0.2) is 0 Å². The average molecular weight is 159 g/mol. The van der Waals surface area contributed by atoms with E-state index in [4.69, 9.17) is 0 Å². The molecule has 0 N–H and O–H groups in total. The zero-order valence-electron chi connectivity index (χ0n) is 6.55. The van der Waals surface area contributed by atoms with Crippen LogP contribution < -0.4 is 0 Å². The third-order valence-corrected chi connectivity index (χ3v) is 1.96. The summed E-state index contributed by atoms with van der Waals surface area (Å²) in [6, 6.07) is 10.5. The van der Waals surface area contributed by atoms with Crippen molar-refractivity contribution < 1.29 is 4.39 Å². The molecule has 1 radical (unpaired) electrons. The standard InChI is InChI=1S/C11H8F/c1-8-4-2-6-10-9(8)5-3-7-11(10)12/h2-7H,1H2. The number of hydrogen-bond acceptors (Lipinski definition) is 0. The molecule has 2 aromatic carbocycles. The fourth-order valence-electron chi connectivity index (χ4n) is 1.34. The van der Waals surface area contributed by atoms with Gasteiger partial charge in [-0.3, -0.25) is 0 Å². The van der Waals surface area contributed by atoms with Crippen LogP contribution in [0.1, 0.15) is 5.56 Å². The van der Waals surface area contributed by atoms with Crippen molar-refractivity contribution in [3.05, 3.63) is 54.7 Å². The number of fused-ring (bicyclic) bond motifs is 1. The van der Waals surface area contributed by atoms with Gasteiger partial charge in [0.2, 0.25) is 0 Å². The van der Waals surface area contributed by atoms with Crippen molar-refractivity contribution in [3.63, 3.8) is 0 Å². The molecule has 0 atom stereocenters. The Morgan fingerprint density at radius 2 is 1.58 bits per heavy atom. The first kappa shape index (κ1) is 7.29. The molecule has 0 amide bonds. The molecule has 0 saturated heterocycles. The lowest BCUT2D eigenvalue weighted by atomic mass is 10.1. The number of benzene rings is 2. The largest absolute Gasteiger partial charge is 0.206 e. The summed E-state index contributed by atoms with van der Waals surface area (Å²) < 4.78 is 13.1. The Labute approximate surface area is 70.6 Å². The summed E-state index contributed by atoms with van der Waals surface area (Å²) in [6.45, 7) is 3.82. The first-order valence-electron chi connectivity index (χ1n) is 3.78. The molecular weight excluding hydrogens is 151 g/mol. The molecule has 0 aliphatic carbocycles. The molecule has 2 rings (SSSR count). The molecule has 0 aliphatic rings. The van der Waals surface area contributed by atoms with E-state index in [-0.39, 0.29) is 5.82 Å². The van der Waals surface area contributed by atoms with Gasteiger partial charge >= 0.3 is 0 Å². The summed E-state index contributed by atoms with van der Waals surface area (Å²) in [4.78, 5) is 0. The highest BCUT2D eigenvalue weighted by molar-refractivity contribution is 5.86. The SMILES string of the molecule is [CH2]c1cccc2c(F)cccc12. The molecule has 0 fully saturated rings. The Kier molecular flexibility index (Phi) is 1.58. The van der Waals surface area contributed by atoms with Gasteiger partial charge in [0.05, 0.1) is 0 Å². The quantitative estimate of drug-likeness (QED) is 0.554. The maximum atomic E-state index is 13.1. The van der Waals surface area contributed by atoms with Crippen LogP contribution in [-0.2, 0) is 0 Å². The van der Waals surface area contributed by atoms with Crippen molar-refractivity contribution in [2.45, 2.75) is 0 Å². The van der Waals surface area contributed by atoms with E-state index in [0.29, 0.717) is 5.39 Å². The van der Waals surface area contributed by atoms with Crippen LogP contribution >= 0.6 is 0 Å². The van der Waals surface area contributed by atoms with Crippen molar-refractivity contribution in [2.75, 3.05) is 0 Å². The minimum Gasteiger partial charge on any atom is -0.206 e. The molecule has 12 heavy (non-hydrogen) atoms. The number of hydrogen-bond donors (Lipinski definition) is 0. The monoisotopic (exact) mass is 159 g/mol. The highest BCUT2D eigenvalue weighted by Crippen LogP contribution is 2.20. The summed E-state index contributed by atoms with van der Waals surface area (Å²) >= 11 is 0.